The Kier molecular flexibility index (Phi) is 5.72. The molecule has 1 rings (SSSR count). The SMILES string of the molecule is CCNCCS(=O)(=O)Nc1ccc(Br)cc1Cl. The van der Waals surface area contributed by atoms with Crippen LogP contribution in [0.15, 0.2) is 22.7 Å². The minimum absolute atomic E-state index is 0.0211. The summed E-state index contributed by atoms with van der Waals surface area (Å²) in [5.74, 6) is 0.0211. The first-order valence-electron chi connectivity index (χ1n) is 5.11. The summed E-state index contributed by atoms with van der Waals surface area (Å²) < 4.78 is 26.6. The van der Waals surface area contributed by atoms with Crippen LogP contribution in [0, 0.1) is 0 Å². The van der Waals surface area contributed by atoms with Gasteiger partial charge in [0, 0.05) is 11.0 Å². The zero-order valence-electron chi connectivity index (χ0n) is 9.33. The summed E-state index contributed by atoms with van der Waals surface area (Å²) in [5.41, 5.74) is 0.395. The molecule has 0 aromatic heterocycles. The van der Waals surface area contributed by atoms with E-state index in [0.717, 1.165) is 11.0 Å². The van der Waals surface area contributed by atoms with Crippen molar-refractivity contribution in [3.63, 3.8) is 0 Å². The van der Waals surface area contributed by atoms with Gasteiger partial charge in [-0.05, 0) is 24.7 Å². The maximum atomic E-state index is 11.7. The Morgan fingerprint density at radius 3 is 2.71 bits per heavy atom. The Labute approximate surface area is 115 Å². The van der Waals surface area contributed by atoms with Crippen molar-refractivity contribution in [3.8, 4) is 0 Å². The number of hydrogen-bond acceptors (Lipinski definition) is 3. The van der Waals surface area contributed by atoms with Gasteiger partial charge < -0.3 is 5.32 Å². The molecular formula is C10H14BrClN2O2S. The van der Waals surface area contributed by atoms with Gasteiger partial charge in [-0.15, -0.1) is 0 Å². The molecule has 1 aromatic carbocycles. The lowest BCUT2D eigenvalue weighted by Crippen LogP contribution is -2.26. The summed E-state index contributed by atoms with van der Waals surface area (Å²) in [4.78, 5) is 0. The number of anilines is 1. The first-order valence-corrected chi connectivity index (χ1v) is 7.93. The van der Waals surface area contributed by atoms with E-state index in [2.05, 4.69) is 26.0 Å². The third-order valence-electron chi connectivity index (χ3n) is 1.99. The van der Waals surface area contributed by atoms with E-state index in [1.54, 1.807) is 18.2 Å². The van der Waals surface area contributed by atoms with Crippen LogP contribution in [0.1, 0.15) is 6.92 Å². The predicted molar refractivity (Wildman–Crippen MR) is 75.1 cm³/mol. The molecule has 17 heavy (non-hydrogen) atoms. The van der Waals surface area contributed by atoms with Crippen LogP contribution in [0.2, 0.25) is 5.02 Å². The van der Waals surface area contributed by atoms with Crippen LogP contribution in [0.5, 0.6) is 0 Å². The van der Waals surface area contributed by atoms with Crippen molar-refractivity contribution >= 4 is 43.2 Å². The van der Waals surface area contributed by atoms with Crippen LogP contribution in [-0.2, 0) is 10.0 Å². The molecule has 0 atom stereocenters. The molecule has 0 amide bonds. The average Bonchev–Trinajstić information content (AvgIpc) is 2.22. The van der Waals surface area contributed by atoms with Gasteiger partial charge in [0.2, 0.25) is 10.0 Å². The van der Waals surface area contributed by atoms with Crippen LogP contribution in [0.4, 0.5) is 5.69 Å². The van der Waals surface area contributed by atoms with E-state index >= 15 is 0 Å². The molecule has 96 valence electrons. The second-order valence-electron chi connectivity index (χ2n) is 3.40. The van der Waals surface area contributed by atoms with Gasteiger partial charge in [0.15, 0.2) is 0 Å². The van der Waals surface area contributed by atoms with Crippen molar-refractivity contribution in [1.82, 2.24) is 5.32 Å². The number of nitrogens with one attached hydrogen (secondary N) is 2. The van der Waals surface area contributed by atoms with Crippen LogP contribution in [0.3, 0.4) is 0 Å². The molecule has 1 aromatic rings. The summed E-state index contributed by atoms with van der Waals surface area (Å²) in [6, 6.07) is 4.99. The second-order valence-corrected chi connectivity index (χ2v) is 6.56. The molecule has 0 aliphatic carbocycles. The predicted octanol–water partition coefficient (Wildman–Crippen LogP) is 2.45. The zero-order valence-corrected chi connectivity index (χ0v) is 12.5. The van der Waals surface area contributed by atoms with Gasteiger partial charge >= 0.3 is 0 Å². The number of sulfonamides is 1. The highest BCUT2D eigenvalue weighted by molar-refractivity contribution is 9.10. The lowest BCUT2D eigenvalue weighted by Gasteiger charge is -2.09. The third kappa shape index (κ3) is 5.25. The fourth-order valence-electron chi connectivity index (χ4n) is 1.17. The van der Waals surface area contributed by atoms with E-state index < -0.39 is 10.0 Å². The third-order valence-corrected chi connectivity index (χ3v) is 4.07. The van der Waals surface area contributed by atoms with Crippen molar-refractivity contribution in [2.24, 2.45) is 0 Å². The summed E-state index contributed by atoms with van der Waals surface area (Å²) >= 11 is 9.18. The molecule has 7 heteroatoms. The number of halogens is 2. The summed E-state index contributed by atoms with van der Waals surface area (Å²) in [7, 11) is -3.35. The highest BCUT2D eigenvalue weighted by atomic mass is 79.9. The van der Waals surface area contributed by atoms with Gasteiger partial charge in [-0.25, -0.2) is 8.42 Å². The molecule has 0 heterocycles. The normalized spacial score (nSPS) is 11.5. The van der Waals surface area contributed by atoms with Crippen molar-refractivity contribution in [2.45, 2.75) is 6.92 Å². The Balaban J connectivity index is 2.69. The smallest absolute Gasteiger partial charge is 0.234 e. The maximum Gasteiger partial charge on any atom is 0.234 e. The van der Waals surface area contributed by atoms with Gasteiger partial charge in [0.25, 0.3) is 0 Å². The highest BCUT2D eigenvalue weighted by Gasteiger charge is 2.11. The molecular weight excluding hydrogens is 328 g/mol. The molecule has 2 N–H and O–H groups in total. The molecule has 0 unspecified atom stereocenters. The van der Waals surface area contributed by atoms with E-state index in [-0.39, 0.29) is 5.75 Å². The minimum atomic E-state index is -3.35. The number of hydrogen-bond donors (Lipinski definition) is 2. The molecule has 0 saturated heterocycles. The van der Waals surface area contributed by atoms with E-state index in [1.165, 1.54) is 0 Å². The van der Waals surface area contributed by atoms with Crippen molar-refractivity contribution in [3.05, 3.63) is 27.7 Å². The average molecular weight is 342 g/mol. The molecule has 0 radical (unpaired) electrons. The van der Waals surface area contributed by atoms with Gasteiger partial charge in [0.1, 0.15) is 0 Å². The molecule has 0 aliphatic heterocycles. The standard InChI is InChI=1S/C10H14BrClN2O2S/c1-2-13-5-6-17(15,16)14-10-4-3-8(11)7-9(10)12/h3-4,7,13-14H,2,5-6H2,1H3. The zero-order chi connectivity index (χ0) is 12.9. The topological polar surface area (TPSA) is 58.2 Å². The second kappa shape index (κ2) is 6.58. The first-order chi connectivity index (χ1) is 7.94. The Morgan fingerprint density at radius 2 is 2.12 bits per heavy atom. The Morgan fingerprint density at radius 1 is 1.41 bits per heavy atom. The number of rotatable bonds is 6. The Hall–Kier alpha value is -0.300. The monoisotopic (exact) mass is 340 g/mol. The summed E-state index contributed by atoms with van der Waals surface area (Å²) in [5, 5.41) is 3.32. The molecule has 0 aliphatic rings. The maximum absolute atomic E-state index is 11.7. The minimum Gasteiger partial charge on any atom is -0.316 e. The van der Waals surface area contributed by atoms with Crippen LogP contribution >= 0.6 is 27.5 Å². The van der Waals surface area contributed by atoms with Crippen molar-refractivity contribution < 1.29 is 8.42 Å². The van der Waals surface area contributed by atoms with Crippen LogP contribution < -0.4 is 10.0 Å². The van der Waals surface area contributed by atoms with Gasteiger partial charge in [-0.2, -0.15) is 0 Å². The molecule has 0 spiro atoms. The van der Waals surface area contributed by atoms with E-state index in [0.29, 0.717) is 17.3 Å². The fourth-order valence-corrected chi connectivity index (χ4v) is 2.98. The lowest BCUT2D eigenvalue weighted by molar-refractivity contribution is 0.597. The van der Waals surface area contributed by atoms with E-state index in [4.69, 9.17) is 11.6 Å². The summed E-state index contributed by atoms with van der Waals surface area (Å²) in [6.45, 7) is 3.08. The van der Waals surface area contributed by atoms with Crippen LogP contribution in [-0.4, -0.2) is 27.3 Å². The van der Waals surface area contributed by atoms with Crippen molar-refractivity contribution in [2.75, 3.05) is 23.6 Å². The van der Waals surface area contributed by atoms with Crippen LogP contribution in [0.25, 0.3) is 0 Å². The van der Waals surface area contributed by atoms with E-state index in [9.17, 15) is 8.42 Å². The molecule has 0 fully saturated rings. The fraction of sp³-hybridized carbons (Fsp3) is 0.400. The summed E-state index contributed by atoms with van der Waals surface area (Å²) in [6.07, 6.45) is 0. The molecule has 0 bridgehead atoms. The molecule has 0 saturated carbocycles. The van der Waals surface area contributed by atoms with Gasteiger partial charge in [0.05, 0.1) is 16.5 Å². The van der Waals surface area contributed by atoms with Gasteiger partial charge in [-0.3, -0.25) is 4.72 Å². The van der Waals surface area contributed by atoms with E-state index in [1.807, 2.05) is 6.92 Å². The highest BCUT2D eigenvalue weighted by Crippen LogP contribution is 2.26. The van der Waals surface area contributed by atoms with Gasteiger partial charge in [-0.1, -0.05) is 34.5 Å². The molecule has 4 nitrogen and oxygen atoms in total. The first kappa shape index (κ1) is 14.8. The quantitative estimate of drug-likeness (QED) is 0.781. The number of benzene rings is 1. The van der Waals surface area contributed by atoms with Crippen molar-refractivity contribution in [1.29, 1.82) is 0 Å². The Bertz CT molecular complexity index is 479. The largest absolute Gasteiger partial charge is 0.316 e. The lowest BCUT2D eigenvalue weighted by atomic mass is 10.3.